The van der Waals surface area contributed by atoms with Gasteiger partial charge in [0.2, 0.25) is 0 Å². The van der Waals surface area contributed by atoms with Crippen LogP contribution < -0.4 is 5.32 Å². The fourth-order valence-electron chi connectivity index (χ4n) is 2.68. The van der Waals surface area contributed by atoms with Crippen molar-refractivity contribution in [2.75, 3.05) is 11.9 Å². The van der Waals surface area contributed by atoms with Crippen LogP contribution in [0.15, 0.2) is 22.8 Å². The van der Waals surface area contributed by atoms with Crippen LogP contribution in [0.4, 0.5) is 5.82 Å². The Morgan fingerprint density at radius 3 is 2.90 bits per heavy atom. The first kappa shape index (κ1) is 13.2. The van der Waals surface area contributed by atoms with Gasteiger partial charge in [-0.2, -0.15) is 0 Å². The molecule has 4 heteroatoms. The molecule has 0 unspecified atom stereocenters. The number of aryl methyl sites for hydroxylation is 1. The second kappa shape index (κ2) is 6.07. The number of nitrogens with zero attached hydrogens (tertiary/aromatic N) is 2. The SMILES string of the molecule is CCCNc1nc(-c2ccco2)nc2c1CCCCC2. The van der Waals surface area contributed by atoms with Gasteiger partial charge in [0.05, 0.1) is 6.26 Å². The normalized spacial score (nSPS) is 14.7. The Labute approximate surface area is 119 Å². The predicted octanol–water partition coefficient (Wildman–Crippen LogP) is 3.83. The summed E-state index contributed by atoms with van der Waals surface area (Å²) in [5.74, 6) is 2.45. The zero-order valence-corrected chi connectivity index (χ0v) is 12.0. The molecule has 0 aromatic carbocycles. The first-order valence-corrected chi connectivity index (χ1v) is 7.56. The number of hydrogen-bond acceptors (Lipinski definition) is 4. The second-order valence-electron chi connectivity index (χ2n) is 5.29. The van der Waals surface area contributed by atoms with Gasteiger partial charge in [-0.25, -0.2) is 9.97 Å². The third kappa shape index (κ3) is 2.69. The van der Waals surface area contributed by atoms with Crippen molar-refractivity contribution < 1.29 is 4.42 Å². The predicted molar refractivity (Wildman–Crippen MR) is 79.8 cm³/mol. The van der Waals surface area contributed by atoms with Gasteiger partial charge in [0.15, 0.2) is 11.6 Å². The highest BCUT2D eigenvalue weighted by Gasteiger charge is 2.18. The fourth-order valence-corrected chi connectivity index (χ4v) is 2.68. The lowest BCUT2D eigenvalue weighted by Crippen LogP contribution is -2.10. The molecule has 2 heterocycles. The number of fused-ring (bicyclic) bond motifs is 1. The lowest BCUT2D eigenvalue weighted by atomic mass is 10.1. The largest absolute Gasteiger partial charge is 0.461 e. The first-order valence-electron chi connectivity index (χ1n) is 7.56. The quantitative estimate of drug-likeness (QED) is 0.859. The van der Waals surface area contributed by atoms with Gasteiger partial charge in [-0.05, 0) is 44.2 Å². The highest BCUT2D eigenvalue weighted by molar-refractivity contribution is 5.56. The summed E-state index contributed by atoms with van der Waals surface area (Å²) in [5, 5.41) is 3.46. The van der Waals surface area contributed by atoms with E-state index in [1.807, 2.05) is 12.1 Å². The Bertz CT molecular complexity index is 563. The average Bonchev–Trinajstić information content (AvgIpc) is 2.90. The Hall–Kier alpha value is -1.84. The molecule has 0 amide bonds. The van der Waals surface area contributed by atoms with E-state index in [9.17, 15) is 0 Å². The standard InChI is InChI=1S/C16H21N3O/c1-2-10-17-15-12-7-4-3-5-8-13(12)18-16(19-15)14-9-6-11-20-14/h6,9,11H,2-5,7-8,10H2,1H3,(H,17,18,19). The Kier molecular flexibility index (Phi) is 4.00. The molecule has 0 saturated heterocycles. The van der Waals surface area contributed by atoms with Crippen LogP contribution in [0.3, 0.4) is 0 Å². The lowest BCUT2D eigenvalue weighted by Gasteiger charge is -2.13. The molecule has 0 saturated carbocycles. The molecule has 0 bridgehead atoms. The molecular weight excluding hydrogens is 250 g/mol. The van der Waals surface area contributed by atoms with Gasteiger partial charge in [-0.15, -0.1) is 0 Å². The van der Waals surface area contributed by atoms with E-state index in [1.165, 1.54) is 30.5 Å². The van der Waals surface area contributed by atoms with Crippen molar-refractivity contribution >= 4 is 5.82 Å². The molecule has 1 N–H and O–H groups in total. The minimum Gasteiger partial charge on any atom is -0.461 e. The summed E-state index contributed by atoms with van der Waals surface area (Å²) in [7, 11) is 0. The Morgan fingerprint density at radius 2 is 2.10 bits per heavy atom. The van der Waals surface area contributed by atoms with Crippen LogP contribution in [-0.4, -0.2) is 16.5 Å². The zero-order chi connectivity index (χ0) is 13.8. The molecule has 20 heavy (non-hydrogen) atoms. The summed E-state index contributed by atoms with van der Waals surface area (Å²) >= 11 is 0. The molecule has 0 spiro atoms. The van der Waals surface area contributed by atoms with Crippen molar-refractivity contribution in [2.24, 2.45) is 0 Å². The van der Waals surface area contributed by atoms with Gasteiger partial charge in [-0.1, -0.05) is 13.3 Å². The van der Waals surface area contributed by atoms with E-state index in [4.69, 9.17) is 14.4 Å². The number of rotatable bonds is 4. The van der Waals surface area contributed by atoms with Gasteiger partial charge in [0.1, 0.15) is 5.82 Å². The van der Waals surface area contributed by atoms with Crippen LogP contribution in [0, 0.1) is 0 Å². The first-order chi connectivity index (χ1) is 9.88. The number of aromatic nitrogens is 2. The van der Waals surface area contributed by atoms with Crippen molar-refractivity contribution in [3.05, 3.63) is 29.7 Å². The van der Waals surface area contributed by atoms with E-state index in [0.29, 0.717) is 5.82 Å². The Morgan fingerprint density at radius 1 is 1.20 bits per heavy atom. The van der Waals surface area contributed by atoms with Gasteiger partial charge in [0, 0.05) is 17.8 Å². The number of furan rings is 1. The number of hydrogen-bond donors (Lipinski definition) is 1. The number of nitrogens with one attached hydrogen (secondary N) is 1. The van der Waals surface area contributed by atoms with Gasteiger partial charge in [-0.3, -0.25) is 0 Å². The third-order valence-electron chi connectivity index (χ3n) is 3.72. The molecule has 2 aromatic heterocycles. The second-order valence-corrected chi connectivity index (χ2v) is 5.29. The van der Waals surface area contributed by atoms with Gasteiger partial charge >= 0.3 is 0 Å². The topological polar surface area (TPSA) is 51.0 Å². The zero-order valence-electron chi connectivity index (χ0n) is 12.0. The van der Waals surface area contributed by atoms with Crippen LogP contribution in [0.2, 0.25) is 0 Å². The summed E-state index contributed by atoms with van der Waals surface area (Å²) in [6.45, 7) is 3.11. The number of anilines is 1. The highest BCUT2D eigenvalue weighted by atomic mass is 16.3. The Balaban J connectivity index is 2.03. The smallest absolute Gasteiger partial charge is 0.197 e. The maximum absolute atomic E-state index is 5.45. The van der Waals surface area contributed by atoms with Crippen LogP contribution in [0.25, 0.3) is 11.6 Å². The molecule has 0 fully saturated rings. The summed E-state index contributed by atoms with van der Waals surface area (Å²) in [6.07, 6.45) is 8.62. The van der Waals surface area contributed by atoms with Crippen molar-refractivity contribution in [2.45, 2.75) is 45.4 Å². The van der Waals surface area contributed by atoms with Crippen LogP contribution in [-0.2, 0) is 12.8 Å². The monoisotopic (exact) mass is 271 g/mol. The van der Waals surface area contributed by atoms with Gasteiger partial charge in [0.25, 0.3) is 0 Å². The molecule has 0 aliphatic heterocycles. The van der Waals surface area contributed by atoms with E-state index in [2.05, 4.69) is 12.2 Å². The highest BCUT2D eigenvalue weighted by Crippen LogP contribution is 2.28. The van der Waals surface area contributed by atoms with E-state index in [-0.39, 0.29) is 0 Å². The van der Waals surface area contributed by atoms with Gasteiger partial charge < -0.3 is 9.73 Å². The lowest BCUT2D eigenvalue weighted by molar-refractivity contribution is 0.576. The molecule has 0 radical (unpaired) electrons. The van der Waals surface area contributed by atoms with Crippen molar-refractivity contribution in [1.29, 1.82) is 0 Å². The average molecular weight is 271 g/mol. The molecule has 3 rings (SSSR count). The molecule has 1 aliphatic carbocycles. The summed E-state index contributed by atoms with van der Waals surface area (Å²) in [5.41, 5.74) is 2.51. The minimum atomic E-state index is 0.703. The summed E-state index contributed by atoms with van der Waals surface area (Å²) in [4.78, 5) is 9.43. The molecule has 2 aromatic rings. The minimum absolute atomic E-state index is 0.703. The maximum Gasteiger partial charge on any atom is 0.197 e. The van der Waals surface area contributed by atoms with Crippen LogP contribution in [0.1, 0.15) is 43.9 Å². The summed E-state index contributed by atoms with van der Waals surface area (Å²) < 4.78 is 5.45. The molecular formula is C16H21N3O. The molecule has 0 atom stereocenters. The van der Waals surface area contributed by atoms with Crippen molar-refractivity contribution in [3.8, 4) is 11.6 Å². The third-order valence-corrected chi connectivity index (χ3v) is 3.72. The molecule has 1 aliphatic rings. The molecule has 106 valence electrons. The van der Waals surface area contributed by atoms with Crippen molar-refractivity contribution in [1.82, 2.24) is 9.97 Å². The maximum atomic E-state index is 5.45. The van der Waals surface area contributed by atoms with Crippen LogP contribution in [0.5, 0.6) is 0 Å². The van der Waals surface area contributed by atoms with E-state index in [1.54, 1.807) is 6.26 Å². The van der Waals surface area contributed by atoms with E-state index >= 15 is 0 Å². The van der Waals surface area contributed by atoms with Crippen molar-refractivity contribution in [3.63, 3.8) is 0 Å². The van der Waals surface area contributed by atoms with E-state index in [0.717, 1.165) is 37.4 Å². The molecule has 4 nitrogen and oxygen atoms in total. The fraction of sp³-hybridized carbons (Fsp3) is 0.500. The van der Waals surface area contributed by atoms with E-state index < -0.39 is 0 Å². The van der Waals surface area contributed by atoms with Crippen LogP contribution >= 0.6 is 0 Å². The summed E-state index contributed by atoms with van der Waals surface area (Å²) in [6, 6.07) is 3.80.